The molecule has 0 radical (unpaired) electrons. The van der Waals surface area contributed by atoms with Crippen molar-refractivity contribution >= 4 is 11.9 Å². The summed E-state index contributed by atoms with van der Waals surface area (Å²) in [5, 5.41) is 5.80. The van der Waals surface area contributed by atoms with E-state index >= 15 is 0 Å². The third-order valence-corrected chi connectivity index (χ3v) is 5.38. The summed E-state index contributed by atoms with van der Waals surface area (Å²) >= 11 is 0. The molecule has 1 aliphatic heterocycles. The van der Waals surface area contributed by atoms with Crippen molar-refractivity contribution in [3.05, 3.63) is 89.9 Å². The Hall–Kier alpha value is -3.94. The zero-order valence-electron chi connectivity index (χ0n) is 18.0. The number of benzene rings is 2. The van der Waals surface area contributed by atoms with E-state index < -0.39 is 5.82 Å². The van der Waals surface area contributed by atoms with Gasteiger partial charge >= 0.3 is 6.03 Å². The molecule has 1 unspecified atom stereocenters. The first-order valence-electron chi connectivity index (χ1n) is 10.8. The largest absolute Gasteiger partial charge is 0.439 e. The molecule has 2 aromatic carbocycles. The molecule has 1 aliphatic rings. The Labute approximate surface area is 191 Å². The second kappa shape index (κ2) is 10.6. The van der Waals surface area contributed by atoms with Crippen molar-refractivity contribution in [2.24, 2.45) is 0 Å². The fourth-order valence-electron chi connectivity index (χ4n) is 3.71. The van der Waals surface area contributed by atoms with Crippen LogP contribution in [0, 0.1) is 5.82 Å². The van der Waals surface area contributed by atoms with Gasteiger partial charge in [-0.1, -0.05) is 42.5 Å². The Morgan fingerprint density at radius 2 is 1.97 bits per heavy atom. The normalized spacial score (nSPS) is 14.1. The minimum Gasteiger partial charge on any atom is -0.439 e. The Morgan fingerprint density at radius 1 is 1.12 bits per heavy atom. The van der Waals surface area contributed by atoms with Crippen molar-refractivity contribution < 1.29 is 18.7 Å². The predicted octanol–water partition coefficient (Wildman–Crippen LogP) is 4.18. The van der Waals surface area contributed by atoms with Gasteiger partial charge in [0.2, 0.25) is 11.8 Å². The van der Waals surface area contributed by atoms with Gasteiger partial charge in [-0.3, -0.25) is 4.79 Å². The number of hydrogen-bond acceptors (Lipinski definition) is 4. The predicted molar refractivity (Wildman–Crippen MR) is 121 cm³/mol. The van der Waals surface area contributed by atoms with Crippen LogP contribution < -0.4 is 15.4 Å². The van der Waals surface area contributed by atoms with E-state index in [4.69, 9.17) is 4.74 Å². The van der Waals surface area contributed by atoms with E-state index in [1.54, 1.807) is 35.4 Å². The third kappa shape index (κ3) is 6.06. The van der Waals surface area contributed by atoms with Crippen LogP contribution >= 0.6 is 0 Å². The average molecular weight is 448 g/mol. The number of nitrogens with zero attached hydrogens (tertiary/aromatic N) is 2. The van der Waals surface area contributed by atoms with Crippen LogP contribution in [0.3, 0.4) is 0 Å². The summed E-state index contributed by atoms with van der Waals surface area (Å²) in [6.07, 6.45) is 2.95. The van der Waals surface area contributed by atoms with Gasteiger partial charge in [-0.15, -0.1) is 0 Å². The number of likely N-dealkylation sites (tertiary alicyclic amines) is 1. The topological polar surface area (TPSA) is 83.6 Å². The first-order chi connectivity index (χ1) is 16.1. The minimum atomic E-state index is -0.411. The molecule has 3 amide bonds. The Morgan fingerprint density at radius 3 is 2.73 bits per heavy atom. The van der Waals surface area contributed by atoms with Gasteiger partial charge in [0.05, 0.1) is 6.04 Å². The molecular weight excluding hydrogens is 423 g/mol. The molecule has 2 heterocycles. The summed E-state index contributed by atoms with van der Waals surface area (Å²) in [5.74, 6) is 0.294. The number of carbonyl (C=O) groups is 2. The van der Waals surface area contributed by atoms with Crippen LogP contribution in [0.25, 0.3) is 0 Å². The molecule has 1 atom stereocenters. The fraction of sp³-hybridized carbons (Fsp3) is 0.240. The van der Waals surface area contributed by atoms with Crippen LogP contribution in [-0.2, 0) is 11.3 Å². The number of urea groups is 1. The monoisotopic (exact) mass is 448 g/mol. The lowest BCUT2D eigenvalue weighted by Gasteiger charge is -2.25. The molecular formula is C25H25FN4O3. The number of rotatable bonds is 8. The number of nitrogens with one attached hydrogen (secondary N) is 2. The Kier molecular flexibility index (Phi) is 7.14. The van der Waals surface area contributed by atoms with Crippen LogP contribution in [0.4, 0.5) is 9.18 Å². The summed E-state index contributed by atoms with van der Waals surface area (Å²) in [5.41, 5.74) is 1.56. The summed E-state index contributed by atoms with van der Waals surface area (Å²) < 4.78 is 19.2. The maximum Gasteiger partial charge on any atom is 0.315 e. The second-order valence-corrected chi connectivity index (χ2v) is 7.76. The van der Waals surface area contributed by atoms with Crippen molar-refractivity contribution in [1.82, 2.24) is 20.5 Å². The van der Waals surface area contributed by atoms with Gasteiger partial charge in [0.1, 0.15) is 11.6 Å². The summed E-state index contributed by atoms with van der Waals surface area (Å²) in [6.45, 7) is 1.27. The van der Waals surface area contributed by atoms with Gasteiger partial charge in [-0.05, 0) is 30.2 Å². The fourth-order valence-corrected chi connectivity index (χ4v) is 3.71. The zero-order chi connectivity index (χ0) is 23.0. The molecule has 170 valence electrons. The first kappa shape index (κ1) is 22.3. The molecule has 8 heteroatoms. The number of halogens is 1. The highest BCUT2D eigenvalue weighted by atomic mass is 19.1. The van der Waals surface area contributed by atoms with Crippen molar-refractivity contribution in [1.29, 1.82) is 0 Å². The molecule has 1 saturated heterocycles. The molecule has 7 nitrogen and oxygen atoms in total. The van der Waals surface area contributed by atoms with E-state index in [1.807, 2.05) is 30.3 Å². The van der Waals surface area contributed by atoms with Crippen molar-refractivity contribution in [3.63, 3.8) is 0 Å². The number of pyridine rings is 1. The highest BCUT2D eigenvalue weighted by Gasteiger charge is 2.25. The lowest BCUT2D eigenvalue weighted by Crippen LogP contribution is -2.42. The van der Waals surface area contributed by atoms with Crippen LogP contribution in [0.2, 0.25) is 0 Å². The van der Waals surface area contributed by atoms with Gasteiger partial charge in [0.15, 0.2) is 0 Å². The van der Waals surface area contributed by atoms with Gasteiger partial charge < -0.3 is 20.3 Å². The number of ether oxygens (including phenoxy) is 1. The van der Waals surface area contributed by atoms with Gasteiger partial charge in [-0.25, -0.2) is 14.2 Å². The van der Waals surface area contributed by atoms with E-state index in [1.165, 1.54) is 12.1 Å². The third-order valence-electron chi connectivity index (χ3n) is 5.38. The molecule has 4 rings (SSSR count). The van der Waals surface area contributed by atoms with Crippen LogP contribution in [0.5, 0.6) is 11.6 Å². The zero-order valence-corrected chi connectivity index (χ0v) is 18.0. The van der Waals surface area contributed by atoms with E-state index in [0.717, 1.165) is 12.0 Å². The number of amides is 3. The smallest absolute Gasteiger partial charge is 0.315 e. The Balaban J connectivity index is 1.40. The maximum absolute atomic E-state index is 13.5. The second-order valence-electron chi connectivity index (χ2n) is 7.76. The molecule has 3 aromatic rings. The minimum absolute atomic E-state index is 0.104. The molecule has 0 saturated carbocycles. The van der Waals surface area contributed by atoms with E-state index in [9.17, 15) is 14.0 Å². The van der Waals surface area contributed by atoms with Crippen LogP contribution in [0.1, 0.15) is 30.0 Å². The molecule has 1 fully saturated rings. The number of hydrogen-bond donors (Lipinski definition) is 2. The van der Waals surface area contributed by atoms with E-state index in [-0.39, 0.29) is 30.4 Å². The highest BCUT2D eigenvalue weighted by Crippen LogP contribution is 2.23. The van der Waals surface area contributed by atoms with Gasteiger partial charge in [-0.2, -0.15) is 0 Å². The number of carbonyl (C=O) groups excluding carboxylic acids is 2. The lowest BCUT2D eigenvalue weighted by atomic mass is 10.1. The van der Waals surface area contributed by atoms with E-state index in [2.05, 4.69) is 15.6 Å². The summed E-state index contributed by atoms with van der Waals surface area (Å²) in [4.78, 5) is 30.8. The van der Waals surface area contributed by atoms with Gasteiger partial charge in [0.25, 0.3) is 0 Å². The first-order valence-corrected chi connectivity index (χ1v) is 10.8. The molecule has 2 N–H and O–H groups in total. The van der Waals surface area contributed by atoms with Crippen molar-refractivity contribution in [2.75, 3.05) is 13.1 Å². The van der Waals surface area contributed by atoms with Crippen molar-refractivity contribution in [3.8, 4) is 11.6 Å². The number of aromatic nitrogens is 1. The molecule has 0 aliphatic carbocycles. The summed E-state index contributed by atoms with van der Waals surface area (Å²) in [7, 11) is 0. The van der Waals surface area contributed by atoms with Crippen molar-refractivity contribution in [2.45, 2.75) is 25.4 Å². The quantitative estimate of drug-likeness (QED) is 0.542. The maximum atomic E-state index is 13.5. The van der Waals surface area contributed by atoms with Crippen LogP contribution in [0.15, 0.2) is 72.9 Å². The molecule has 1 aromatic heterocycles. The molecule has 0 spiro atoms. The molecule has 0 bridgehead atoms. The van der Waals surface area contributed by atoms with E-state index in [0.29, 0.717) is 30.8 Å². The van der Waals surface area contributed by atoms with Gasteiger partial charge in [0, 0.05) is 43.9 Å². The lowest BCUT2D eigenvalue weighted by molar-refractivity contribution is -0.128. The Bertz CT molecular complexity index is 1110. The SMILES string of the molecule is O=C(NCc1cccnc1Oc1cccc(F)c1)NC(CN1CCCC1=O)c1ccccc1. The molecule has 33 heavy (non-hydrogen) atoms. The highest BCUT2D eigenvalue weighted by molar-refractivity contribution is 5.78. The average Bonchev–Trinajstić information content (AvgIpc) is 3.23. The summed E-state index contributed by atoms with van der Waals surface area (Å²) in [6, 6.07) is 18.1. The van der Waals surface area contributed by atoms with Crippen LogP contribution in [-0.4, -0.2) is 34.9 Å². The standard InChI is InChI=1S/C25H25FN4O3/c26-20-10-4-11-21(15-20)33-24-19(9-5-13-27-24)16-28-25(32)29-22(18-7-2-1-3-8-18)17-30-14-6-12-23(30)31/h1-5,7-11,13,15,22H,6,12,14,16-17H2,(H2,28,29,32).